The number of anilines is 2. The van der Waals surface area contributed by atoms with Crippen LogP contribution in [-0.2, 0) is 9.59 Å². The third kappa shape index (κ3) is 3.19. The molecule has 3 heterocycles. The summed E-state index contributed by atoms with van der Waals surface area (Å²) in [6.07, 6.45) is 3.69. The van der Waals surface area contributed by atoms with Crippen molar-refractivity contribution in [2.24, 2.45) is 5.92 Å². The number of benzene rings is 1. The molecule has 0 spiro atoms. The van der Waals surface area contributed by atoms with Crippen LogP contribution in [0.5, 0.6) is 11.5 Å². The van der Waals surface area contributed by atoms with E-state index in [1.165, 1.54) is 17.8 Å². The molecule has 2 aliphatic heterocycles. The first-order chi connectivity index (χ1) is 13.7. The molecule has 28 heavy (non-hydrogen) atoms. The van der Waals surface area contributed by atoms with Gasteiger partial charge in [0.15, 0.2) is 11.5 Å². The average Bonchev–Trinajstić information content (AvgIpc) is 3.27. The maximum absolute atomic E-state index is 12.6. The van der Waals surface area contributed by atoms with E-state index >= 15 is 0 Å². The van der Waals surface area contributed by atoms with Crippen molar-refractivity contribution in [1.29, 1.82) is 0 Å². The molecule has 3 aliphatic rings. The molecule has 1 aromatic heterocycles. The number of carbonyl (C=O) groups excluding carboxylic acids is 2. The van der Waals surface area contributed by atoms with Crippen LogP contribution in [-0.4, -0.2) is 41.8 Å². The number of nitrogens with one attached hydrogen (secondary N) is 1. The van der Waals surface area contributed by atoms with Crippen molar-refractivity contribution in [2.75, 3.05) is 30.0 Å². The molecule has 1 N–H and O–H groups in total. The van der Waals surface area contributed by atoms with Crippen LogP contribution in [0.1, 0.15) is 36.6 Å². The number of nitrogens with zero attached hydrogens (tertiary/aromatic N) is 3. The van der Waals surface area contributed by atoms with Crippen molar-refractivity contribution >= 4 is 34.0 Å². The van der Waals surface area contributed by atoms with E-state index in [4.69, 9.17) is 9.47 Å². The molecule has 2 fully saturated rings. The van der Waals surface area contributed by atoms with Crippen molar-refractivity contribution in [1.82, 2.24) is 10.2 Å². The average molecular weight is 400 g/mol. The Labute approximate surface area is 165 Å². The van der Waals surface area contributed by atoms with Gasteiger partial charge < -0.3 is 19.7 Å². The largest absolute Gasteiger partial charge is 0.486 e. The highest BCUT2D eigenvalue weighted by molar-refractivity contribution is 7.15. The molecule has 0 bridgehead atoms. The Hall–Kier alpha value is -2.68. The lowest BCUT2D eigenvalue weighted by Gasteiger charge is -2.22. The van der Waals surface area contributed by atoms with Crippen LogP contribution in [0.3, 0.4) is 0 Å². The fourth-order valence-electron chi connectivity index (χ4n) is 3.65. The molecule has 8 nitrogen and oxygen atoms in total. The van der Waals surface area contributed by atoms with Crippen LogP contribution in [0, 0.1) is 5.92 Å². The van der Waals surface area contributed by atoms with Crippen molar-refractivity contribution < 1.29 is 19.1 Å². The third-order valence-corrected chi connectivity index (χ3v) is 6.46. The van der Waals surface area contributed by atoms with Gasteiger partial charge in [-0.05, 0) is 25.0 Å². The summed E-state index contributed by atoms with van der Waals surface area (Å²) in [5, 5.41) is 12.6. The Morgan fingerprint density at radius 3 is 2.79 bits per heavy atom. The SMILES string of the molecule is O=C(Nc1nnc(C2CCC2)s1)[C@@H]1CC(=O)N(c2ccc3c(c2)OCCO3)C1. The molecule has 1 aromatic carbocycles. The molecule has 0 radical (unpaired) electrons. The zero-order chi connectivity index (χ0) is 19.1. The second-order valence-corrected chi connectivity index (χ2v) is 8.30. The van der Waals surface area contributed by atoms with Gasteiger partial charge >= 0.3 is 0 Å². The van der Waals surface area contributed by atoms with E-state index in [9.17, 15) is 9.59 Å². The number of carbonyl (C=O) groups is 2. The zero-order valence-electron chi connectivity index (χ0n) is 15.2. The first-order valence-corrected chi connectivity index (χ1v) is 10.3. The van der Waals surface area contributed by atoms with Crippen LogP contribution < -0.4 is 19.7 Å². The number of ether oxygens (including phenoxy) is 2. The molecule has 146 valence electrons. The Morgan fingerprint density at radius 2 is 2.00 bits per heavy atom. The first-order valence-electron chi connectivity index (χ1n) is 9.51. The van der Waals surface area contributed by atoms with Gasteiger partial charge in [0, 0.05) is 30.6 Å². The summed E-state index contributed by atoms with van der Waals surface area (Å²) in [5.41, 5.74) is 0.715. The van der Waals surface area contributed by atoms with Crippen molar-refractivity contribution in [2.45, 2.75) is 31.6 Å². The topological polar surface area (TPSA) is 93.7 Å². The quantitative estimate of drug-likeness (QED) is 0.848. The summed E-state index contributed by atoms with van der Waals surface area (Å²) >= 11 is 1.43. The molecule has 1 saturated heterocycles. The number of fused-ring (bicyclic) bond motifs is 1. The lowest BCUT2D eigenvalue weighted by molar-refractivity contribution is -0.122. The lowest BCUT2D eigenvalue weighted by Crippen LogP contribution is -2.28. The molecule has 0 unspecified atom stereocenters. The summed E-state index contributed by atoms with van der Waals surface area (Å²) in [4.78, 5) is 26.8. The van der Waals surface area contributed by atoms with Crippen LogP contribution in [0.15, 0.2) is 18.2 Å². The maximum atomic E-state index is 12.6. The molecule has 1 saturated carbocycles. The van der Waals surface area contributed by atoms with E-state index in [0.717, 1.165) is 17.8 Å². The highest BCUT2D eigenvalue weighted by atomic mass is 32.1. The van der Waals surface area contributed by atoms with Gasteiger partial charge in [0.25, 0.3) is 0 Å². The summed E-state index contributed by atoms with van der Waals surface area (Å²) in [7, 11) is 0. The molecule has 2 aromatic rings. The molecule has 2 amide bonds. The molecule has 5 rings (SSSR count). The van der Waals surface area contributed by atoms with Crippen LogP contribution in [0.4, 0.5) is 10.8 Å². The van der Waals surface area contributed by atoms with Gasteiger partial charge in [-0.1, -0.05) is 17.8 Å². The number of amides is 2. The van der Waals surface area contributed by atoms with Crippen LogP contribution in [0.25, 0.3) is 0 Å². The fourth-order valence-corrected chi connectivity index (χ4v) is 4.56. The first kappa shape index (κ1) is 17.4. The maximum Gasteiger partial charge on any atom is 0.231 e. The minimum Gasteiger partial charge on any atom is -0.486 e. The summed E-state index contributed by atoms with van der Waals surface area (Å²) < 4.78 is 11.1. The summed E-state index contributed by atoms with van der Waals surface area (Å²) in [6, 6.07) is 5.41. The second-order valence-electron chi connectivity index (χ2n) is 7.30. The zero-order valence-corrected chi connectivity index (χ0v) is 16.0. The highest BCUT2D eigenvalue weighted by Crippen LogP contribution is 2.39. The standard InChI is InChI=1S/C19H20N4O4S/c24-16-8-12(17(25)20-19-22-21-18(28-19)11-2-1-3-11)10-23(16)13-4-5-14-15(9-13)27-7-6-26-14/h4-5,9,11-12H,1-3,6-8,10H2,(H,20,22,25)/t12-/m1/s1. The van der Waals surface area contributed by atoms with E-state index in [1.54, 1.807) is 17.0 Å². The lowest BCUT2D eigenvalue weighted by atomic mass is 9.86. The smallest absolute Gasteiger partial charge is 0.231 e. The monoisotopic (exact) mass is 400 g/mol. The van der Waals surface area contributed by atoms with Crippen LogP contribution >= 0.6 is 11.3 Å². The predicted octanol–water partition coefficient (Wildman–Crippen LogP) is 2.57. The number of aromatic nitrogens is 2. The van der Waals surface area contributed by atoms with Gasteiger partial charge in [-0.2, -0.15) is 0 Å². The minimum atomic E-state index is -0.420. The van der Waals surface area contributed by atoms with E-state index in [-0.39, 0.29) is 18.2 Å². The van der Waals surface area contributed by atoms with Crippen LogP contribution in [0.2, 0.25) is 0 Å². The summed E-state index contributed by atoms with van der Waals surface area (Å²) in [5.74, 6) is 1.10. The third-order valence-electron chi connectivity index (χ3n) is 5.46. The highest BCUT2D eigenvalue weighted by Gasteiger charge is 2.36. The van der Waals surface area contributed by atoms with Gasteiger partial charge in [0.1, 0.15) is 18.2 Å². The van der Waals surface area contributed by atoms with Gasteiger partial charge in [0.2, 0.25) is 16.9 Å². The van der Waals surface area contributed by atoms with Crippen molar-refractivity contribution in [3.8, 4) is 11.5 Å². The second kappa shape index (κ2) is 7.05. The molecule has 1 atom stereocenters. The van der Waals surface area contributed by atoms with Gasteiger partial charge in [-0.15, -0.1) is 10.2 Å². The molecule has 1 aliphatic carbocycles. The molecule has 9 heteroatoms. The Bertz CT molecular complexity index is 926. The van der Waals surface area contributed by atoms with E-state index in [0.29, 0.717) is 48.0 Å². The van der Waals surface area contributed by atoms with E-state index in [1.807, 2.05) is 6.07 Å². The fraction of sp³-hybridized carbons (Fsp3) is 0.474. The van der Waals surface area contributed by atoms with Crippen molar-refractivity contribution in [3.63, 3.8) is 0 Å². The Kier molecular flexibility index (Phi) is 4.38. The molecular formula is C19H20N4O4S. The van der Waals surface area contributed by atoms with Crippen molar-refractivity contribution in [3.05, 3.63) is 23.2 Å². The number of hydrogen-bond donors (Lipinski definition) is 1. The number of rotatable bonds is 4. The molecular weight excluding hydrogens is 380 g/mol. The van der Waals surface area contributed by atoms with Gasteiger partial charge in [-0.25, -0.2) is 0 Å². The number of hydrogen-bond acceptors (Lipinski definition) is 7. The van der Waals surface area contributed by atoms with Gasteiger partial charge in [0.05, 0.1) is 5.92 Å². The summed E-state index contributed by atoms with van der Waals surface area (Å²) in [6.45, 7) is 1.34. The van der Waals surface area contributed by atoms with E-state index < -0.39 is 5.92 Å². The van der Waals surface area contributed by atoms with Gasteiger partial charge in [-0.3, -0.25) is 9.59 Å². The normalized spacial score (nSPS) is 21.5. The van der Waals surface area contributed by atoms with E-state index in [2.05, 4.69) is 15.5 Å². The minimum absolute atomic E-state index is 0.0794. The Morgan fingerprint density at radius 1 is 1.18 bits per heavy atom. The predicted molar refractivity (Wildman–Crippen MR) is 103 cm³/mol. The Balaban J connectivity index is 1.25.